The molecule has 0 bridgehead atoms. The Balaban J connectivity index is 1.47. The number of para-hydroxylation sites is 1. The molecule has 0 saturated carbocycles. The molecule has 0 atom stereocenters. The van der Waals surface area contributed by atoms with Gasteiger partial charge in [0.05, 0.1) is 32.8 Å². The second kappa shape index (κ2) is 10.4. The van der Waals surface area contributed by atoms with E-state index in [-0.39, 0.29) is 11.8 Å². The summed E-state index contributed by atoms with van der Waals surface area (Å²) in [4.78, 5) is 28.4. The second-order valence-electron chi connectivity index (χ2n) is 8.76. The van der Waals surface area contributed by atoms with Crippen LogP contribution in [0.3, 0.4) is 0 Å². The molecule has 6 heteroatoms. The number of rotatable bonds is 7. The Kier molecular flexibility index (Phi) is 7.69. The van der Waals surface area contributed by atoms with Crippen LogP contribution >= 0.6 is 0 Å². The molecule has 31 heavy (non-hydrogen) atoms. The Hall–Kier alpha value is -2.86. The van der Waals surface area contributed by atoms with Crippen molar-refractivity contribution in [3.63, 3.8) is 0 Å². The van der Waals surface area contributed by atoms with Crippen molar-refractivity contribution < 1.29 is 19.2 Å². The first kappa shape index (κ1) is 22.8. The minimum absolute atomic E-state index is 0.0177. The number of carbonyl (C=O) groups excluding carboxylic acids is 2. The van der Waals surface area contributed by atoms with Crippen LogP contribution in [0.4, 0.5) is 5.69 Å². The molecule has 0 aromatic heterocycles. The van der Waals surface area contributed by atoms with Gasteiger partial charge in [-0.3, -0.25) is 9.59 Å². The fourth-order valence-electron chi connectivity index (χ4n) is 3.76. The fraction of sp³-hybridized carbons (Fsp3) is 0.440. The van der Waals surface area contributed by atoms with Crippen LogP contribution in [-0.2, 0) is 4.79 Å². The topological polar surface area (TPSA) is 63.1 Å². The third-order valence-electron chi connectivity index (χ3n) is 5.60. The van der Waals surface area contributed by atoms with Crippen LogP contribution in [-0.4, -0.2) is 56.0 Å². The van der Waals surface area contributed by atoms with Gasteiger partial charge in [-0.05, 0) is 55.2 Å². The van der Waals surface area contributed by atoms with Gasteiger partial charge in [0.15, 0.2) is 6.54 Å². The first-order chi connectivity index (χ1) is 14.8. The number of amides is 2. The molecule has 1 saturated heterocycles. The van der Waals surface area contributed by atoms with Crippen molar-refractivity contribution >= 4 is 17.5 Å². The minimum Gasteiger partial charge on any atom is -0.493 e. The van der Waals surface area contributed by atoms with E-state index in [0.717, 1.165) is 35.7 Å². The third-order valence-corrected chi connectivity index (χ3v) is 5.60. The Bertz CT molecular complexity index is 880. The highest BCUT2D eigenvalue weighted by atomic mass is 16.5. The van der Waals surface area contributed by atoms with Crippen LogP contribution in [0.1, 0.15) is 35.3 Å². The van der Waals surface area contributed by atoms with Crippen LogP contribution in [0.2, 0.25) is 0 Å². The molecule has 3 rings (SSSR count). The summed E-state index contributed by atoms with van der Waals surface area (Å²) in [6, 6.07) is 13.4. The zero-order valence-electron chi connectivity index (χ0n) is 19.0. The molecule has 166 valence electrons. The maximum atomic E-state index is 12.8. The standard InChI is InChI=1S/C25H33N3O3/c1-18(2)17-31-22-10-8-21(9-11-22)25(30)28-14-12-27(13-15-28)16-23(29)26-24-19(3)6-5-7-20(24)4/h5-11,18H,12-17H2,1-4H3,(H,26,29)/p+1. The van der Waals surface area contributed by atoms with Crippen LogP contribution in [0, 0.1) is 19.8 Å². The number of hydrogen-bond acceptors (Lipinski definition) is 3. The molecule has 0 aliphatic carbocycles. The monoisotopic (exact) mass is 424 g/mol. The molecule has 0 spiro atoms. The van der Waals surface area contributed by atoms with E-state index in [1.807, 2.05) is 61.2 Å². The maximum Gasteiger partial charge on any atom is 0.279 e. The quantitative estimate of drug-likeness (QED) is 0.717. The highest BCUT2D eigenvalue weighted by Gasteiger charge is 2.26. The van der Waals surface area contributed by atoms with Crippen LogP contribution in [0.25, 0.3) is 0 Å². The summed E-state index contributed by atoms with van der Waals surface area (Å²) in [6.07, 6.45) is 0. The molecule has 2 aromatic carbocycles. The highest BCUT2D eigenvalue weighted by Crippen LogP contribution is 2.19. The van der Waals surface area contributed by atoms with E-state index in [0.29, 0.717) is 37.7 Å². The summed E-state index contributed by atoms with van der Waals surface area (Å²) in [5.74, 6) is 1.30. The van der Waals surface area contributed by atoms with Crippen molar-refractivity contribution in [2.75, 3.05) is 44.6 Å². The summed E-state index contributed by atoms with van der Waals surface area (Å²) in [5.41, 5.74) is 3.72. The Morgan fingerprint density at radius 3 is 2.23 bits per heavy atom. The van der Waals surface area contributed by atoms with Gasteiger partial charge in [0.25, 0.3) is 11.8 Å². The Morgan fingerprint density at radius 2 is 1.65 bits per heavy atom. The summed E-state index contributed by atoms with van der Waals surface area (Å²) in [7, 11) is 0. The van der Waals surface area contributed by atoms with Crippen molar-refractivity contribution in [3.8, 4) is 5.75 Å². The molecule has 2 N–H and O–H groups in total. The SMILES string of the molecule is Cc1cccc(C)c1NC(=O)C[NH+]1CCN(C(=O)c2ccc(OCC(C)C)cc2)CC1. The first-order valence-electron chi connectivity index (χ1n) is 11.0. The first-order valence-corrected chi connectivity index (χ1v) is 11.0. The highest BCUT2D eigenvalue weighted by molar-refractivity contribution is 5.94. The van der Waals surface area contributed by atoms with Crippen LogP contribution < -0.4 is 15.0 Å². The number of hydrogen-bond donors (Lipinski definition) is 2. The molecular weight excluding hydrogens is 390 g/mol. The average molecular weight is 425 g/mol. The van der Waals surface area contributed by atoms with Crippen LogP contribution in [0.15, 0.2) is 42.5 Å². The van der Waals surface area contributed by atoms with Gasteiger partial charge in [-0.25, -0.2) is 0 Å². The predicted molar refractivity (Wildman–Crippen MR) is 123 cm³/mol. The van der Waals surface area contributed by atoms with Crippen molar-refractivity contribution in [1.29, 1.82) is 0 Å². The molecule has 0 unspecified atom stereocenters. The third kappa shape index (κ3) is 6.31. The van der Waals surface area contributed by atoms with E-state index in [1.54, 1.807) is 0 Å². The molecule has 2 amide bonds. The van der Waals surface area contributed by atoms with E-state index in [2.05, 4.69) is 19.2 Å². The number of carbonyl (C=O) groups is 2. The lowest BCUT2D eigenvalue weighted by Crippen LogP contribution is -3.15. The number of anilines is 1. The lowest BCUT2D eigenvalue weighted by Gasteiger charge is -2.32. The van der Waals surface area contributed by atoms with E-state index < -0.39 is 0 Å². The van der Waals surface area contributed by atoms with Gasteiger partial charge in [0.1, 0.15) is 5.75 Å². The van der Waals surface area contributed by atoms with Gasteiger partial charge < -0.3 is 19.9 Å². The smallest absolute Gasteiger partial charge is 0.279 e. The van der Waals surface area contributed by atoms with Gasteiger partial charge >= 0.3 is 0 Å². The zero-order valence-corrected chi connectivity index (χ0v) is 19.0. The number of nitrogens with zero attached hydrogens (tertiary/aromatic N) is 1. The molecule has 1 aliphatic heterocycles. The molecule has 2 aromatic rings. The number of benzene rings is 2. The summed E-state index contributed by atoms with van der Waals surface area (Å²) < 4.78 is 5.69. The predicted octanol–water partition coefficient (Wildman–Crippen LogP) is 2.32. The minimum atomic E-state index is 0.0177. The maximum absolute atomic E-state index is 12.8. The van der Waals surface area contributed by atoms with Crippen molar-refractivity contribution in [3.05, 3.63) is 59.2 Å². The van der Waals surface area contributed by atoms with Gasteiger partial charge in [-0.2, -0.15) is 0 Å². The largest absolute Gasteiger partial charge is 0.493 e. The zero-order chi connectivity index (χ0) is 22.4. The molecule has 1 aliphatic rings. The van der Waals surface area contributed by atoms with Gasteiger partial charge in [-0.1, -0.05) is 32.0 Å². The molecule has 1 heterocycles. The van der Waals surface area contributed by atoms with Crippen molar-refractivity contribution in [2.45, 2.75) is 27.7 Å². The lowest BCUT2D eigenvalue weighted by atomic mass is 10.1. The second-order valence-corrected chi connectivity index (χ2v) is 8.76. The molecule has 1 fully saturated rings. The van der Waals surface area contributed by atoms with Crippen molar-refractivity contribution in [1.82, 2.24) is 4.90 Å². The fourth-order valence-corrected chi connectivity index (χ4v) is 3.76. The normalized spacial score (nSPS) is 14.5. The van der Waals surface area contributed by atoms with Crippen LogP contribution in [0.5, 0.6) is 5.75 Å². The molecular formula is C25H34N3O3+. The molecule has 6 nitrogen and oxygen atoms in total. The Morgan fingerprint density at radius 1 is 1.03 bits per heavy atom. The van der Waals surface area contributed by atoms with Gasteiger partial charge in [0.2, 0.25) is 0 Å². The van der Waals surface area contributed by atoms with Crippen molar-refractivity contribution in [2.24, 2.45) is 5.92 Å². The number of piperazine rings is 1. The molecule has 0 radical (unpaired) electrons. The average Bonchev–Trinajstić information content (AvgIpc) is 2.75. The summed E-state index contributed by atoms with van der Waals surface area (Å²) in [5, 5.41) is 3.06. The van der Waals surface area contributed by atoms with Gasteiger partial charge in [0, 0.05) is 11.3 Å². The number of aryl methyl sites for hydroxylation is 2. The van der Waals surface area contributed by atoms with E-state index >= 15 is 0 Å². The van der Waals surface area contributed by atoms with E-state index in [1.165, 1.54) is 4.90 Å². The van der Waals surface area contributed by atoms with E-state index in [4.69, 9.17) is 4.74 Å². The Labute approximate surface area is 185 Å². The van der Waals surface area contributed by atoms with Gasteiger partial charge in [-0.15, -0.1) is 0 Å². The number of nitrogens with one attached hydrogen (secondary N) is 2. The van der Waals surface area contributed by atoms with E-state index in [9.17, 15) is 9.59 Å². The summed E-state index contributed by atoms with van der Waals surface area (Å²) in [6.45, 7) is 12.1. The number of ether oxygens (including phenoxy) is 1. The lowest BCUT2D eigenvalue weighted by molar-refractivity contribution is -0.895. The number of quaternary nitrogens is 1. The summed E-state index contributed by atoms with van der Waals surface area (Å²) >= 11 is 0.